The van der Waals surface area contributed by atoms with Crippen LogP contribution in [0.2, 0.25) is 0 Å². The first-order valence-corrected chi connectivity index (χ1v) is 7.44. The third-order valence-electron chi connectivity index (χ3n) is 3.11. The van der Waals surface area contributed by atoms with Crippen molar-refractivity contribution in [1.29, 1.82) is 0 Å². The molecule has 0 unspecified atom stereocenters. The minimum Gasteiger partial charge on any atom is -0.439 e. The Morgan fingerprint density at radius 2 is 1.86 bits per heavy atom. The number of nitrogens with zero attached hydrogens (tertiary/aromatic N) is 1. The molecule has 0 bridgehead atoms. The molecule has 1 aromatic heterocycles. The average Bonchev–Trinajstić information content (AvgIpc) is 2.45. The van der Waals surface area contributed by atoms with E-state index in [1.807, 2.05) is 30.3 Å². The Morgan fingerprint density at radius 1 is 1.10 bits per heavy atom. The Labute approximate surface area is 127 Å². The highest BCUT2D eigenvalue weighted by Crippen LogP contribution is 2.21. The largest absolute Gasteiger partial charge is 0.439 e. The molecule has 0 atom stereocenters. The molecule has 3 heteroatoms. The number of ether oxygens (including phenoxy) is 1. The van der Waals surface area contributed by atoms with Crippen LogP contribution >= 0.6 is 0 Å². The Kier molecular flexibility index (Phi) is 4.97. The van der Waals surface area contributed by atoms with Crippen LogP contribution in [-0.2, 0) is 13.0 Å². The second-order valence-electron chi connectivity index (χ2n) is 6.17. The van der Waals surface area contributed by atoms with Gasteiger partial charge in [0, 0.05) is 18.2 Å². The van der Waals surface area contributed by atoms with E-state index in [9.17, 15) is 0 Å². The van der Waals surface area contributed by atoms with Crippen LogP contribution in [0.5, 0.6) is 11.6 Å². The molecule has 0 saturated heterocycles. The molecule has 0 fully saturated rings. The Hall–Kier alpha value is -1.87. The summed E-state index contributed by atoms with van der Waals surface area (Å²) in [5.41, 5.74) is 2.32. The number of pyridine rings is 1. The number of rotatable bonds is 5. The zero-order chi connectivity index (χ0) is 15.3. The van der Waals surface area contributed by atoms with Gasteiger partial charge < -0.3 is 10.1 Å². The van der Waals surface area contributed by atoms with Crippen molar-refractivity contribution in [2.45, 2.75) is 46.2 Å². The van der Waals surface area contributed by atoms with Crippen LogP contribution in [0.1, 0.15) is 39.0 Å². The van der Waals surface area contributed by atoms with Gasteiger partial charge in [-0.25, -0.2) is 4.98 Å². The maximum atomic E-state index is 5.85. The lowest BCUT2D eigenvalue weighted by atomic mass is 10.1. The summed E-state index contributed by atoms with van der Waals surface area (Å²) < 4.78 is 5.85. The first-order chi connectivity index (χ1) is 9.96. The third kappa shape index (κ3) is 5.20. The normalized spacial score (nSPS) is 11.4. The zero-order valence-corrected chi connectivity index (χ0v) is 13.3. The van der Waals surface area contributed by atoms with Gasteiger partial charge in [-0.15, -0.1) is 0 Å². The predicted octanol–water partition coefficient (Wildman–Crippen LogP) is 4.32. The van der Waals surface area contributed by atoms with Crippen LogP contribution in [-0.4, -0.2) is 10.5 Å². The van der Waals surface area contributed by atoms with Crippen LogP contribution in [0.15, 0.2) is 42.5 Å². The second-order valence-corrected chi connectivity index (χ2v) is 6.17. The van der Waals surface area contributed by atoms with Crippen LogP contribution < -0.4 is 10.1 Å². The lowest BCUT2D eigenvalue weighted by Crippen LogP contribution is -2.35. The van der Waals surface area contributed by atoms with E-state index in [1.165, 1.54) is 5.56 Å². The van der Waals surface area contributed by atoms with Crippen molar-refractivity contribution >= 4 is 0 Å². The van der Waals surface area contributed by atoms with E-state index in [1.54, 1.807) is 0 Å². The number of hydrogen-bond donors (Lipinski definition) is 1. The molecule has 2 rings (SSSR count). The summed E-state index contributed by atoms with van der Waals surface area (Å²) >= 11 is 0. The zero-order valence-electron chi connectivity index (χ0n) is 13.3. The number of aromatic nitrogens is 1. The number of benzene rings is 1. The number of aryl methyl sites for hydroxylation is 1. The fourth-order valence-electron chi connectivity index (χ4n) is 1.92. The van der Waals surface area contributed by atoms with E-state index < -0.39 is 0 Å². The van der Waals surface area contributed by atoms with E-state index in [4.69, 9.17) is 4.74 Å². The summed E-state index contributed by atoms with van der Waals surface area (Å²) in [5, 5.41) is 3.43. The topological polar surface area (TPSA) is 34.1 Å². The standard InChI is InChI=1S/C18H24N2O/c1-5-14-8-6-10-16(12-14)21-17-11-7-9-15(20-17)13-19-18(2,3)4/h6-12,19H,5,13H2,1-4H3. The molecular formula is C18H24N2O. The van der Waals surface area contributed by atoms with E-state index in [0.717, 1.165) is 24.4 Å². The van der Waals surface area contributed by atoms with Gasteiger partial charge in [0.15, 0.2) is 0 Å². The highest BCUT2D eigenvalue weighted by atomic mass is 16.5. The first kappa shape index (κ1) is 15.5. The van der Waals surface area contributed by atoms with E-state index in [-0.39, 0.29) is 5.54 Å². The van der Waals surface area contributed by atoms with Crippen molar-refractivity contribution in [1.82, 2.24) is 10.3 Å². The van der Waals surface area contributed by atoms with E-state index in [2.05, 4.69) is 50.1 Å². The lowest BCUT2D eigenvalue weighted by Gasteiger charge is -2.20. The van der Waals surface area contributed by atoms with Gasteiger partial charge in [0.05, 0.1) is 5.69 Å². The van der Waals surface area contributed by atoms with Gasteiger partial charge in [-0.05, 0) is 51.0 Å². The molecule has 1 N–H and O–H groups in total. The average molecular weight is 284 g/mol. The van der Waals surface area contributed by atoms with Gasteiger partial charge in [-0.3, -0.25) is 0 Å². The lowest BCUT2D eigenvalue weighted by molar-refractivity contribution is 0.416. The van der Waals surface area contributed by atoms with Gasteiger partial charge >= 0.3 is 0 Å². The molecule has 2 aromatic rings. The first-order valence-electron chi connectivity index (χ1n) is 7.44. The monoisotopic (exact) mass is 284 g/mol. The Bertz CT molecular complexity index is 588. The number of hydrogen-bond acceptors (Lipinski definition) is 3. The minimum atomic E-state index is 0.0774. The summed E-state index contributed by atoms with van der Waals surface area (Å²) in [4.78, 5) is 4.54. The van der Waals surface area contributed by atoms with Crippen molar-refractivity contribution in [2.24, 2.45) is 0 Å². The molecule has 3 nitrogen and oxygen atoms in total. The molecule has 0 spiro atoms. The molecule has 0 saturated carbocycles. The molecular weight excluding hydrogens is 260 g/mol. The van der Waals surface area contributed by atoms with Crippen LogP contribution in [0.4, 0.5) is 0 Å². The number of nitrogens with one attached hydrogen (secondary N) is 1. The van der Waals surface area contributed by atoms with Gasteiger partial charge in [0.1, 0.15) is 5.75 Å². The summed E-state index contributed by atoms with van der Waals surface area (Å²) in [6.07, 6.45) is 1.00. The second kappa shape index (κ2) is 6.72. The van der Waals surface area contributed by atoms with Gasteiger partial charge in [-0.1, -0.05) is 25.1 Å². The SMILES string of the molecule is CCc1cccc(Oc2cccc(CNC(C)(C)C)n2)c1. The van der Waals surface area contributed by atoms with Gasteiger partial charge in [0.2, 0.25) is 5.88 Å². The highest BCUT2D eigenvalue weighted by Gasteiger charge is 2.09. The van der Waals surface area contributed by atoms with E-state index >= 15 is 0 Å². The summed E-state index contributed by atoms with van der Waals surface area (Å²) in [7, 11) is 0. The van der Waals surface area contributed by atoms with Crippen molar-refractivity contribution in [3.8, 4) is 11.6 Å². The minimum absolute atomic E-state index is 0.0774. The van der Waals surface area contributed by atoms with E-state index in [0.29, 0.717) is 5.88 Å². The van der Waals surface area contributed by atoms with Gasteiger partial charge in [0.25, 0.3) is 0 Å². The molecule has 0 amide bonds. The highest BCUT2D eigenvalue weighted by molar-refractivity contribution is 5.31. The molecule has 21 heavy (non-hydrogen) atoms. The Morgan fingerprint density at radius 3 is 2.57 bits per heavy atom. The molecule has 0 radical (unpaired) electrons. The maximum absolute atomic E-state index is 5.85. The van der Waals surface area contributed by atoms with Crippen LogP contribution in [0.25, 0.3) is 0 Å². The molecule has 0 aliphatic heterocycles. The predicted molar refractivity (Wildman–Crippen MR) is 86.7 cm³/mol. The van der Waals surface area contributed by atoms with Crippen molar-refractivity contribution in [3.05, 3.63) is 53.7 Å². The maximum Gasteiger partial charge on any atom is 0.219 e. The molecule has 112 valence electrons. The summed E-state index contributed by atoms with van der Waals surface area (Å²) in [6, 6.07) is 14.0. The van der Waals surface area contributed by atoms with Crippen molar-refractivity contribution in [3.63, 3.8) is 0 Å². The fourth-order valence-corrected chi connectivity index (χ4v) is 1.92. The fraction of sp³-hybridized carbons (Fsp3) is 0.389. The van der Waals surface area contributed by atoms with Crippen molar-refractivity contribution in [2.75, 3.05) is 0 Å². The quantitative estimate of drug-likeness (QED) is 0.887. The molecule has 0 aliphatic carbocycles. The van der Waals surface area contributed by atoms with Crippen LogP contribution in [0, 0.1) is 0 Å². The molecule has 0 aliphatic rings. The Balaban J connectivity index is 2.06. The molecule has 1 aromatic carbocycles. The van der Waals surface area contributed by atoms with Gasteiger partial charge in [-0.2, -0.15) is 0 Å². The van der Waals surface area contributed by atoms with Crippen LogP contribution in [0.3, 0.4) is 0 Å². The molecule has 1 heterocycles. The third-order valence-corrected chi connectivity index (χ3v) is 3.11. The summed E-state index contributed by atoms with van der Waals surface area (Å²) in [5.74, 6) is 1.47. The summed E-state index contributed by atoms with van der Waals surface area (Å²) in [6.45, 7) is 9.29. The smallest absolute Gasteiger partial charge is 0.219 e. The van der Waals surface area contributed by atoms with Crippen molar-refractivity contribution < 1.29 is 4.74 Å².